The molecule has 0 fully saturated rings. The topological polar surface area (TPSA) is 3.24 Å². The molecule has 1 heteroatoms. The second kappa shape index (κ2) is 24.1. The van der Waals surface area contributed by atoms with Gasteiger partial charge >= 0.3 is 0 Å². The van der Waals surface area contributed by atoms with Crippen LogP contribution in [0.4, 0.5) is 0 Å². The van der Waals surface area contributed by atoms with Crippen LogP contribution >= 0.6 is 0 Å². The third kappa shape index (κ3) is 20.6. The molecule has 1 nitrogen and oxygen atoms in total. The van der Waals surface area contributed by atoms with Crippen LogP contribution in [0.15, 0.2) is 0 Å². The normalized spacial score (nSPS) is 12.2. The minimum Gasteiger partial charge on any atom is -0.298 e. The van der Waals surface area contributed by atoms with Crippen molar-refractivity contribution in [1.82, 2.24) is 4.90 Å². The summed E-state index contributed by atoms with van der Waals surface area (Å²) in [5.41, 5.74) is 0.382. The van der Waals surface area contributed by atoms with Gasteiger partial charge in [0.25, 0.3) is 0 Å². The van der Waals surface area contributed by atoms with E-state index in [1.165, 1.54) is 161 Å². The van der Waals surface area contributed by atoms with Crippen LogP contribution in [0.1, 0.15) is 182 Å². The zero-order chi connectivity index (χ0) is 23.8. The first kappa shape index (κ1) is 32.0. The number of rotatable bonds is 26. The molecule has 0 aromatic carbocycles. The first-order chi connectivity index (χ1) is 15.6. The highest BCUT2D eigenvalue weighted by Crippen LogP contribution is 2.25. The van der Waals surface area contributed by atoms with Gasteiger partial charge in [-0.25, -0.2) is 0 Å². The molecule has 194 valence electrons. The minimum absolute atomic E-state index is 0.382. The predicted molar refractivity (Wildman–Crippen MR) is 149 cm³/mol. The maximum atomic E-state index is 2.88. The van der Waals surface area contributed by atoms with Gasteiger partial charge in [0.2, 0.25) is 0 Å². The Morgan fingerprint density at radius 1 is 0.375 bits per heavy atom. The summed E-state index contributed by atoms with van der Waals surface area (Å²) in [6.45, 7) is 14.7. The molecule has 0 aromatic rings. The Hall–Kier alpha value is -0.0400. The maximum absolute atomic E-state index is 2.88. The van der Waals surface area contributed by atoms with E-state index >= 15 is 0 Å². The van der Waals surface area contributed by atoms with Gasteiger partial charge in [-0.15, -0.1) is 0 Å². The quantitative estimate of drug-likeness (QED) is 0.118. The number of hydrogen-bond acceptors (Lipinski definition) is 1. The first-order valence-corrected chi connectivity index (χ1v) is 15.3. The minimum atomic E-state index is 0.382. The molecule has 0 bridgehead atoms. The molecule has 0 aromatic heterocycles. The lowest BCUT2D eigenvalue weighted by atomic mass is 9.92. The van der Waals surface area contributed by atoms with Crippen molar-refractivity contribution in [2.75, 3.05) is 13.1 Å². The molecule has 0 aliphatic rings. The number of nitrogens with zero attached hydrogens (tertiary/aromatic N) is 1. The van der Waals surface area contributed by atoms with Crippen LogP contribution in [-0.2, 0) is 0 Å². The van der Waals surface area contributed by atoms with Crippen molar-refractivity contribution < 1.29 is 0 Å². The second-order valence-electron chi connectivity index (χ2n) is 11.3. The fourth-order valence-electron chi connectivity index (χ4n) is 5.09. The smallest absolute Gasteiger partial charge is 0.0153 e. The van der Waals surface area contributed by atoms with Crippen LogP contribution in [0, 0.1) is 0 Å². The van der Waals surface area contributed by atoms with E-state index in [-0.39, 0.29) is 0 Å². The Balaban J connectivity index is 4.22. The molecule has 32 heavy (non-hydrogen) atoms. The molecule has 0 aliphatic heterocycles. The molecular formula is C31H65N. The Morgan fingerprint density at radius 2 is 0.656 bits per heavy atom. The van der Waals surface area contributed by atoms with Crippen molar-refractivity contribution in [3.8, 4) is 0 Å². The molecule has 0 radical (unpaired) electrons. The molecule has 0 saturated heterocycles. The van der Waals surface area contributed by atoms with Crippen molar-refractivity contribution in [3.05, 3.63) is 0 Å². The lowest BCUT2D eigenvalue weighted by Crippen LogP contribution is -2.45. The van der Waals surface area contributed by atoms with Crippen molar-refractivity contribution >= 4 is 0 Å². The second-order valence-corrected chi connectivity index (χ2v) is 11.3. The summed E-state index contributed by atoms with van der Waals surface area (Å²) in [4.78, 5) is 2.88. The summed E-state index contributed by atoms with van der Waals surface area (Å²) in [6, 6.07) is 0. The van der Waals surface area contributed by atoms with Crippen LogP contribution in [0.25, 0.3) is 0 Å². The van der Waals surface area contributed by atoms with Crippen molar-refractivity contribution in [1.29, 1.82) is 0 Å². The molecule has 0 spiro atoms. The van der Waals surface area contributed by atoms with Crippen LogP contribution in [0.2, 0.25) is 0 Å². The van der Waals surface area contributed by atoms with Gasteiger partial charge in [-0.3, -0.25) is 4.90 Å². The van der Waals surface area contributed by atoms with Crippen molar-refractivity contribution in [2.24, 2.45) is 0 Å². The van der Waals surface area contributed by atoms with Gasteiger partial charge in [0.15, 0.2) is 0 Å². The fraction of sp³-hybridized carbons (Fsp3) is 1.00. The number of hydrogen-bond donors (Lipinski definition) is 0. The lowest BCUT2D eigenvalue weighted by molar-refractivity contribution is 0.102. The zero-order valence-corrected chi connectivity index (χ0v) is 23.6. The molecule has 0 N–H and O–H groups in total. The highest BCUT2D eigenvalue weighted by molar-refractivity contribution is 4.81. The molecule has 0 atom stereocenters. The van der Waals surface area contributed by atoms with Crippen molar-refractivity contribution in [3.63, 3.8) is 0 Å². The van der Waals surface area contributed by atoms with E-state index in [1.807, 2.05) is 0 Å². The fourth-order valence-corrected chi connectivity index (χ4v) is 5.09. The molecule has 0 saturated carbocycles. The highest BCUT2D eigenvalue weighted by Gasteiger charge is 2.25. The first-order valence-electron chi connectivity index (χ1n) is 15.3. The number of unbranched alkanes of at least 4 members (excludes halogenated alkanes) is 19. The molecule has 0 amide bonds. The zero-order valence-electron chi connectivity index (χ0n) is 23.6. The average Bonchev–Trinajstić information content (AvgIpc) is 2.78. The summed E-state index contributed by atoms with van der Waals surface area (Å²) in [6.07, 6.45) is 32.8. The summed E-state index contributed by atoms with van der Waals surface area (Å²) in [7, 11) is 0. The molecule has 0 rings (SSSR count). The lowest BCUT2D eigenvalue weighted by Gasteiger charge is -2.39. The van der Waals surface area contributed by atoms with E-state index in [0.29, 0.717) is 5.54 Å². The van der Waals surface area contributed by atoms with Crippen LogP contribution < -0.4 is 0 Å². The van der Waals surface area contributed by atoms with E-state index in [4.69, 9.17) is 0 Å². The van der Waals surface area contributed by atoms with Crippen molar-refractivity contribution in [2.45, 2.75) is 188 Å². The van der Waals surface area contributed by atoms with E-state index in [2.05, 4.69) is 39.5 Å². The summed E-state index contributed by atoms with van der Waals surface area (Å²) < 4.78 is 0. The third-order valence-electron chi connectivity index (χ3n) is 7.56. The Morgan fingerprint density at radius 3 is 1.00 bits per heavy atom. The molecule has 0 unspecified atom stereocenters. The largest absolute Gasteiger partial charge is 0.298 e. The monoisotopic (exact) mass is 452 g/mol. The SMILES string of the molecule is CCCCCCCCCCC(C)(C)N(CCCCCCCCC)CCCCCCCCC. The van der Waals surface area contributed by atoms with Gasteiger partial charge in [0.1, 0.15) is 0 Å². The predicted octanol–water partition coefficient (Wildman–Crippen LogP) is 11.1. The van der Waals surface area contributed by atoms with Crippen LogP contribution in [-0.4, -0.2) is 23.5 Å². The van der Waals surface area contributed by atoms with E-state index in [1.54, 1.807) is 0 Å². The van der Waals surface area contributed by atoms with E-state index in [0.717, 1.165) is 0 Å². The maximum Gasteiger partial charge on any atom is 0.0153 e. The average molecular weight is 452 g/mol. The Kier molecular flexibility index (Phi) is 24.1. The highest BCUT2D eigenvalue weighted by atomic mass is 15.2. The third-order valence-corrected chi connectivity index (χ3v) is 7.56. The van der Waals surface area contributed by atoms with Gasteiger partial charge in [-0.05, 0) is 46.2 Å². The standard InChI is InChI=1S/C31H65N/c1-6-9-12-15-18-19-22-25-28-31(4,5)32(29-26-23-20-16-13-10-7-2)30-27-24-21-17-14-11-8-3/h6-30H2,1-5H3. The van der Waals surface area contributed by atoms with Gasteiger partial charge in [-0.2, -0.15) is 0 Å². The summed E-state index contributed by atoms with van der Waals surface area (Å²) in [5.74, 6) is 0. The van der Waals surface area contributed by atoms with Gasteiger partial charge in [0, 0.05) is 5.54 Å². The van der Waals surface area contributed by atoms with E-state index in [9.17, 15) is 0 Å². The summed E-state index contributed by atoms with van der Waals surface area (Å²) >= 11 is 0. The van der Waals surface area contributed by atoms with Gasteiger partial charge < -0.3 is 0 Å². The molecule has 0 heterocycles. The Labute approximate surface area is 205 Å². The van der Waals surface area contributed by atoms with Gasteiger partial charge in [0.05, 0.1) is 0 Å². The van der Waals surface area contributed by atoms with E-state index < -0.39 is 0 Å². The molecule has 0 aliphatic carbocycles. The molecular weight excluding hydrogens is 386 g/mol. The van der Waals surface area contributed by atoms with Crippen LogP contribution in [0.3, 0.4) is 0 Å². The Bertz CT molecular complexity index is 330. The van der Waals surface area contributed by atoms with Crippen LogP contribution in [0.5, 0.6) is 0 Å². The summed E-state index contributed by atoms with van der Waals surface area (Å²) in [5, 5.41) is 0. The van der Waals surface area contributed by atoms with Gasteiger partial charge in [-0.1, -0.05) is 149 Å².